The molecule has 0 aromatic carbocycles. The summed E-state index contributed by atoms with van der Waals surface area (Å²) in [5, 5.41) is 13.7. The summed E-state index contributed by atoms with van der Waals surface area (Å²) in [5.41, 5.74) is 0.150. The van der Waals surface area contributed by atoms with Gasteiger partial charge < -0.3 is 10.0 Å². The van der Waals surface area contributed by atoms with Crippen molar-refractivity contribution in [1.29, 1.82) is 0 Å². The third-order valence-electron chi connectivity index (χ3n) is 4.49. The fourth-order valence-electron chi connectivity index (χ4n) is 2.91. The molecule has 6 heteroatoms. The first-order valence-corrected chi connectivity index (χ1v) is 6.90. The molecule has 1 fully saturated rings. The van der Waals surface area contributed by atoms with Crippen molar-refractivity contribution in [1.82, 2.24) is 14.7 Å². The van der Waals surface area contributed by atoms with Crippen LogP contribution in [-0.2, 0) is 11.8 Å². The summed E-state index contributed by atoms with van der Waals surface area (Å²) in [6.07, 6.45) is 5.26. The van der Waals surface area contributed by atoms with E-state index in [-0.39, 0.29) is 5.91 Å². The third-order valence-corrected chi connectivity index (χ3v) is 4.49. The molecule has 1 aromatic heterocycles. The van der Waals surface area contributed by atoms with E-state index < -0.39 is 11.5 Å². The average Bonchev–Trinajstić information content (AvgIpc) is 2.78. The Bertz CT molecular complexity index is 530. The van der Waals surface area contributed by atoms with Crippen molar-refractivity contribution in [3.63, 3.8) is 0 Å². The molecular weight excluding hydrogens is 258 g/mol. The van der Waals surface area contributed by atoms with Crippen LogP contribution in [0.25, 0.3) is 0 Å². The van der Waals surface area contributed by atoms with E-state index in [4.69, 9.17) is 0 Å². The maximum atomic E-state index is 12.6. The van der Waals surface area contributed by atoms with Gasteiger partial charge >= 0.3 is 5.97 Å². The fourth-order valence-corrected chi connectivity index (χ4v) is 2.91. The van der Waals surface area contributed by atoms with Crippen LogP contribution < -0.4 is 0 Å². The third kappa shape index (κ3) is 2.19. The lowest BCUT2D eigenvalue weighted by molar-refractivity contribution is -0.151. The van der Waals surface area contributed by atoms with Crippen LogP contribution in [0.4, 0.5) is 0 Å². The standard InChI is InChI=1S/C14H21N3O3/c1-10-11(9-15-17(10)3)12(18)16(2)14(13(19)20)7-5-4-6-8-14/h9H,4-8H2,1-3H3,(H,19,20). The van der Waals surface area contributed by atoms with E-state index >= 15 is 0 Å². The highest BCUT2D eigenvalue weighted by Crippen LogP contribution is 2.34. The van der Waals surface area contributed by atoms with Crippen LogP contribution in [0, 0.1) is 6.92 Å². The minimum Gasteiger partial charge on any atom is -0.479 e. The Kier molecular flexibility index (Phi) is 3.83. The van der Waals surface area contributed by atoms with Crippen LogP contribution in [0.2, 0.25) is 0 Å². The highest BCUT2D eigenvalue weighted by molar-refractivity contribution is 5.98. The minimum atomic E-state index is -1.07. The van der Waals surface area contributed by atoms with E-state index in [0.717, 1.165) is 25.0 Å². The number of aliphatic carboxylic acids is 1. The molecule has 0 bridgehead atoms. The maximum absolute atomic E-state index is 12.6. The van der Waals surface area contributed by atoms with E-state index in [1.54, 1.807) is 18.8 Å². The number of carboxylic acids is 1. The van der Waals surface area contributed by atoms with E-state index in [9.17, 15) is 14.7 Å². The molecule has 1 N–H and O–H groups in total. The SMILES string of the molecule is Cc1c(C(=O)N(C)C2(C(=O)O)CCCCC2)cnn1C. The van der Waals surface area contributed by atoms with Gasteiger partial charge in [-0.2, -0.15) is 5.10 Å². The van der Waals surface area contributed by atoms with Gasteiger partial charge in [0.15, 0.2) is 0 Å². The first kappa shape index (κ1) is 14.6. The Hall–Kier alpha value is -1.85. The number of carbonyl (C=O) groups is 2. The number of carbonyl (C=O) groups excluding carboxylic acids is 1. The smallest absolute Gasteiger partial charge is 0.329 e. The van der Waals surface area contributed by atoms with Crippen LogP contribution in [0.5, 0.6) is 0 Å². The lowest BCUT2D eigenvalue weighted by Crippen LogP contribution is -2.56. The van der Waals surface area contributed by atoms with Crippen molar-refractivity contribution in [3.05, 3.63) is 17.5 Å². The van der Waals surface area contributed by atoms with Crippen molar-refractivity contribution in [2.75, 3.05) is 7.05 Å². The van der Waals surface area contributed by atoms with Gasteiger partial charge in [-0.3, -0.25) is 9.48 Å². The molecule has 0 radical (unpaired) electrons. The maximum Gasteiger partial charge on any atom is 0.329 e. The molecule has 1 aliphatic carbocycles. The monoisotopic (exact) mass is 279 g/mol. The Morgan fingerprint density at radius 1 is 1.35 bits per heavy atom. The van der Waals surface area contributed by atoms with E-state index in [0.29, 0.717) is 18.4 Å². The van der Waals surface area contributed by atoms with Crippen LogP contribution in [0.1, 0.15) is 48.2 Å². The molecule has 20 heavy (non-hydrogen) atoms. The summed E-state index contributed by atoms with van der Waals surface area (Å²) in [5.74, 6) is -1.17. The molecule has 0 atom stereocenters. The lowest BCUT2D eigenvalue weighted by Gasteiger charge is -2.40. The summed E-state index contributed by atoms with van der Waals surface area (Å²) in [6.45, 7) is 1.81. The molecule has 0 aliphatic heterocycles. The number of aryl methyl sites for hydroxylation is 1. The zero-order chi connectivity index (χ0) is 14.9. The van der Waals surface area contributed by atoms with E-state index in [1.807, 2.05) is 6.92 Å². The van der Waals surface area contributed by atoms with Crippen molar-refractivity contribution in [3.8, 4) is 0 Å². The predicted molar refractivity (Wildman–Crippen MR) is 73.5 cm³/mol. The molecule has 0 saturated heterocycles. The molecule has 6 nitrogen and oxygen atoms in total. The Morgan fingerprint density at radius 3 is 2.40 bits per heavy atom. The quantitative estimate of drug-likeness (QED) is 0.911. The van der Waals surface area contributed by atoms with Gasteiger partial charge in [-0.05, 0) is 19.8 Å². The zero-order valence-electron chi connectivity index (χ0n) is 12.2. The zero-order valence-corrected chi connectivity index (χ0v) is 12.2. The summed E-state index contributed by atoms with van der Waals surface area (Å²) >= 11 is 0. The molecule has 1 aliphatic rings. The highest BCUT2D eigenvalue weighted by atomic mass is 16.4. The molecule has 0 unspecified atom stereocenters. The average molecular weight is 279 g/mol. The Labute approximate surface area is 118 Å². The first-order valence-electron chi connectivity index (χ1n) is 6.90. The molecule has 1 aromatic rings. The number of hydrogen-bond acceptors (Lipinski definition) is 3. The second-order valence-electron chi connectivity index (χ2n) is 5.53. The number of amides is 1. The van der Waals surface area contributed by atoms with Crippen LogP contribution in [0.15, 0.2) is 6.20 Å². The van der Waals surface area contributed by atoms with Crippen molar-refractivity contribution in [2.24, 2.45) is 7.05 Å². The Morgan fingerprint density at radius 2 is 1.95 bits per heavy atom. The number of likely N-dealkylation sites (N-methyl/N-ethyl adjacent to an activating group) is 1. The molecule has 1 amide bonds. The Balaban J connectivity index is 2.32. The molecule has 2 rings (SSSR count). The van der Waals surface area contributed by atoms with Crippen LogP contribution in [-0.4, -0.2) is 44.3 Å². The second-order valence-corrected chi connectivity index (χ2v) is 5.53. The van der Waals surface area contributed by atoms with Gasteiger partial charge in [0.25, 0.3) is 5.91 Å². The van der Waals surface area contributed by atoms with Crippen molar-refractivity contribution >= 4 is 11.9 Å². The van der Waals surface area contributed by atoms with Crippen LogP contribution >= 0.6 is 0 Å². The van der Waals surface area contributed by atoms with E-state index in [2.05, 4.69) is 5.10 Å². The summed E-state index contributed by atoms with van der Waals surface area (Å²) in [4.78, 5) is 25.7. The molecule has 110 valence electrons. The summed E-state index contributed by atoms with van der Waals surface area (Å²) in [6, 6.07) is 0. The van der Waals surface area contributed by atoms with Crippen molar-refractivity contribution < 1.29 is 14.7 Å². The molecule has 0 spiro atoms. The van der Waals surface area contributed by atoms with Crippen molar-refractivity contribution in [2.45, 2.75) is 44.6 Å². The van der Waals surface area contributed by atoms with E-state index in [1.165, 1.54) is 11.1 Å². The van der Waals surface area contributed by atoms with Gasteiger partial charge in [-0.15, -0.1) is 0 Å². The minimum absolute atomic E-state index is 0.264. The summed E-state index contributed by atoms with van der Waals surface area (Å²) in [7, 11) is 3.36. The van der Waals surface area contributed by atoms with Gasteiger partial charge in [0, 0.05) is 19.8 Å². The van der Waals surface area contributed by atoms with Gasteiger partial charge in [-0.25, -0.2) is 4.79 Å². The lowest BCUT2D eigenvalue weighted by atomic mass is 9.80. The largest absolute Gasteiger partial charge is 0.479 e. The molecule has 1 saturated carbocycles. The number of nitrogens with zero attached hydrogens (tertiary/aromatic N) is 3. The number of carboxylic acid groups (broad SMARTS) is 1. The van der Waals surface area contributed by atoms with Gasteiger partial charge in [-0.1, -0.05) is 19.3 Å². The number of hydrogen-bond donors (Lipinski definition) is 1. The second kappa shape index (κ2) is 5.26. The van der Waals surface area contributed by atoms with Gasteiger partial charge in [0.1, 0.15) is 5.54 Å². The normalized spacial score (nSPS) is 17.8. The highest BCUT2D eigenvalue weighted by Gasteiger charge is 2.46. The number of aromatic nitrogens is 2. The van der Waals surface area contributed by atoms with Gasteiger partial charge in [0.05, 0.1) is 11.8 Å². The summed E-state index contributed by atoms with van der Waals surface area (Å²) < 4.78 is 1.62. The topological polar surface area (TPSA) is 75.4 Å². The van der Waals surface area contributed by atoms with Gasteiger partial charge in [0.2, 0.25) is 0 Å². The van der Waals surface area contributed by atoms with Crippen LogP contribution in [0.3, 0.4) is 0 Å². The first-order chi connectivity index (χ1) is 9.40. The fraction of sp³-hybridized carbons (Fsp3) is 0.643. The predicted octanol–water partition coefficient (Wildman–Crippen LogP) is 1.59. The molecule has 1 heterocycles. The molecular formula is C14H21N3O3. The number of rotatable bonds is 3.